The minimum atomic E-state index is -0.694. The zero-order chi connectivity index (χ0) is 10.8. The maximum atomic E-state index is 10.9. The number of carbonyl (C=O) groups excluding carboxylic acids is 2. The molecule has 0 spiro atoms. The molecule has 0 saturated carbocycles. The highest BCUT2D eigenvalue weighted by molar-refractivity contribution is 6.17. The highest BCUT2D eigenvalue weighted by Crippen LogP contribution is 1.80. The maximum absolute atomic E-state index is 10.9. The van der Waals surface area contributed by atoms with Crippen LogP contribution in [-0.2, 0) is 4.74 Å². The SMILES string of the molecule is CCOC(=O)NNC(=O)NCCCCl. The van der Waals surface area contributed by atoms with Crippen molar-refractivity contribution in [3.8, 4) is 0 Å². The van der Waals surface area contributed by atoms with Gasteiger partial charge in [-0.1, -0.05) is 0 Å². The van der Waals surface area contributed by atoms with Gasteiger partial charge < -0.3 is 10.1 Å². The smallest absolute Gasteiger partial charge is 0.426 e. The lowest BCUT2D eigenvalue weighted by molar-refractivity contribution is 0.147. The van der Waals surface area contributed by atoms with E-state index in [4.69, 9.17) is 11.6 Å². The summed E-state index contributed by atoms with van der Waals surface area (Å²) in [5, 5.41) is 2.48. The average molecular weight is 224 g/mol. The van der Waals surface area contributed by atoms with Crippen LogP contribution in [0.15, 0.2) is 0 Å². The molecule has 0 radical (unpaired) electrons. The Bertz CT molecular complexity index is 189. The van der Waals surface area contributed by atoms with Crippen LogP contribution in [0.4, 0.5) is 9.59 Å². The summed E-state index contributed by atoms with van der Waals surface area (Å²) in [6.45, 7) is 2.38. The van der Waals surface area contributed by atoms with Crippen LogP contribution in [0.25, 0.3) is 0 Å². The van der Waals surface area contributed by atoms with E-state index < -0.39 is 12.1 Å². The Hall–Kier alpha value is -1.17. The number of halogens is 1. The number of nitrogens with one attached hydrogen (secondary N) is 3. The Kier molecular flexibility index (Phi) is 7.72. The number of carbonyl (C=O) groups is 2. The quantitative estimate of drug-likeness (QED) is 0.371. The monoisotopic (exact) mass is 223 g/mol. The molecule has 0 aromatic rings. The van der Waals surface area contributed by atoms with Crippen molar-refractivity contribution in [2.45, 2.75) is 13.3 Å². The molecule has 14 heavy (non-hydrogen) atoms. The number of hydrogen-bond acceptors (Lipinski definition) is 3. The molecule has 7 heteroatoms. The lowest BCUT2D eigenvalue weighted by atomic mass is 10.5. The van der Waals surface area contributed by atoms with Crippen LogP contribution in [0.5, 0.6) is 0 Å². The summed E-state index contributed by atoms with van der Waals surface area (Å²) in [5.41, 5.74) is 4.16. The number of urea groups is 1. The van der Waals surface area contributed by atoms with E-state index in [1.165, 1.54) is 0 Å². The van der Waals surface area contributed by atoms with Gasteiger partial charge in [0.05, 0.1) is 6.61 Å². The molecule has 0 aliphatic heterocycles. The normalized spacial score (nSPS) is 9.00. The van der Waals surface area contributed by atoms with Gasteiger partial charge in [0.1, 0.15) is 0 Å². The Morgan fingerprint density at radius 1 is 1.36 bits per heavy atom. The fourth-order valence-electron chi connectivity index (χ4n) is 0.588. The second-order valence-electron chi connectivity index (χ2n) is 2.27. The maximum Gasteiger partial charge on any atom is 0.426 e. The third-order valence-corrected chi connectivity index (χ3v) is 1.42. The fraction of sp³-hybridized carbons (Fsp3) is 0.714. The van der Waals surface area contributed by atoms with E-state index >= 15 is 0 Å². The molecule has 3 N–H and O–H groups in total. The largest absolute Gasteiger partial charge is 0.449 e. The third-order valence-electron chi connectivity index (χ3n) is 1.15. The van der Waals surface area contributed by atoms with E-state index in [0.29, 0.717) is 18.8 Å². The zero-order valence-corrected chi connectivity index (χ0v) is 8.69. The number of hydrogen-bond donors (Lipinski definition) is 3. The molecule has 0 saturated heterocycles. The summed E-state index contributed by atoms with van der Waals surface area (Å²) >= 11 is 5.39. The molecule has 0 heterocycles. The lowest BCUT2D eigenvalue weighted by Crippen LogP contribution is -2.47. The molecule has 0 aliphatic carbocycles. The summed E-state index contributed by atoms with van der Waals surface area (Å²) in [6.07, 6.45) is -0.0195. The van der Waals surface area contributed by atoms with Crippen molar-refractivity contribution >= 4 is 23.7 Å². The van der Waals surface area contributed by atoms with Crippen LogP contribution in [0.3, 0.4) is 0 Å². The zero-order valence-electron chi connectivity index (χ0n) is 7.93. The number of rotatable bonds is 4. The molecule has 0 aromatic carbocycles. The van der Waals surface area contributed by atoms with Gasteiger partial charge in [0.2, 0.25) is 0 Å². The highest BCUT2D eigenvalue weighted by atomic mass is 35.5. The van der Waals surface area contributed by atoms with Crippen molar-refractivity contribution in [2.75, 3.05) is 19.0 Å². The molecular weight excluding hydrogens is 210 g/mol. The number of amides is 3. The van der Waals surface area contributed by atoms with Crippen LogP contribution in [-0.4, -0.2) is 31.2 Å². The van der Waals surface area contributed by atoms with Gasteiger partial charge in [0.15, 0.2) is 0 Å². The van der Waals surface area contributed by atoms with Crippen LogP contribution in [0, 0.1) is 0 Å². The molecule has 0 aliphatic rings. The van der Waals surface area contributed by atoms with Gasteiger partial charge in [0.25, 0.3) is 0 Å². The Balaban J connectivity index is 3.39. The minimum absolute atomic E-state index is 0.251. The van der Waals surface area contributed by atoms with Crippen molar-refractivity contribution in [3.05, 3.63) is 0 Å². The molecule has 0 atom stereocenters. The average Bonchev–Trinajstić information content (AvgIpc) is 2.16. The van der Waals surface area contributed by atoms with E-state index in [9.17, 15) is 9.59 Å². The van der Waals surface area contributed by atoms with E-state index in [1.54, 1.807) is 6.92 Å². The van der Waals surface area contributed by atoms with Crippen LogP contribution >= 0.6 is 11.6 Å². The van der Waals surface area contributed by atoms with Gasteiger partial charge in [0, 0.05) is 12.4 Å². The molecule has 82 valence electrons. The Morgan fingerprint density at radius 2 is 2.07 bits per heavy atom. The van der Waals surface area contributed by atoms with Gasteiger partial charge in [-0.15, -0.1) is 11.6 Å². The van der Waals surface area contributed by atoms with Crippen LogP contribution in [0.2, 0.25) is 0 Å². The van der Waals surface area contributed by atoms with E-state index in [0.717, 1.165) is 0 Å². The summed E-state index contributed by atoms with van der Waals surface area (Å²) < 4.78 is 4.50. The first-order chi connectivity index (χ1) is 6.70. The van der Waals surface area contributed by atoms with Crippen molar-refractivity contribution in [2.24, 2.45) is 0 Å². The second-order valence-corrected chi connectivity index (χ2v) is 2.65. The third kappa shape index (κ3) is 7.48. The molecule has 6 nitrogen and oxygen atoms in total. The summed E-state index contributed by atoms with van der Waals surface area (Å²) in [7, 11) is 0. The molecule has 0 unspecified atom stereocenters. The van der Waals surface area contributed by atoms with Gasteiger partial charge in [-0.05, 0) is 13.3 Å². The van der Waals surface area contributed by atoms with Crippen molar-refractivity contribution in [1.82, 2.24) is 16.2 Å². The number of hydrazine groups is 1. The standard InChI is InChI=1S/C7H14ClN3O3/c1-2-14-7(13)11-10-6(12)9-5-3-4-8/h2-5H2,1H3,(H,11,13)(H2,9,10,12). The van der Waals surface area contributed by atoms with Gasteiger partial charge >= 0.3 is 12.1 Å². The first-order valence-electron chi connectivity index (χ1n) is 4.23. The van der Waals surface area contributed by atoms with Crippen molar-refractivity contribution in [3.63, 3.8) is 0 Å². The van der Waals surface area contributed by atoms with E-state index in [-0.39, 0.29) is 6.61 Å². The molecular formula is C7H14ClN3O3. The fourth-order valence-corrected chi connectivity index (χ4v) is 0.722. The topological polar surface area (TPSA) is 79.5 Å². The van der Waals surface area contributed by atoms with Crippen molar-refractivity contribution < 1.29 is 14.3 Å². The summed E-state index contributed by atoms with van der Waals surface area (Å²) in [4.78, 5) is 21.6. The molecule has 0 aromatic heterocycles. The van der Waals surface area contributed by atoms with E-state index in [2.05, 4.69) is 20.9 Å². The van der Waals surface area contributed by atoms with Gasteiger partial charge in [-0.25, -0.2) is 20.4 Å². The Morgan fingerprint density at radius 3 is 2.64 bits per heavy atom. The lowest BCUT2D eigenvalue weighted by Gasteiger charge is -2.07. The van der Waals surface area contributed by atoms with Crippen molar-refractivity contribution in [1.29, 1.82) is 0 Å². The molecule has 0 bridgehead atoms. The first kappa shape index (κ1) is 12.8. The van der Waals surface area contributed by atoms with Gasteiger partial charge in [-0.2, -0.15) is 0 Å². The summed E-state index contributed by atoms with van der Waals surface area (Å²) in [5.74, 6) is 0.478. The van der Waals surface area contributed by atoms with Crippen LogP contribution in [0.1, 0.15) is 13.3 Å². The van der Waals surface area contributed by atoms with Crippen LogP contribution < -0.4 is 16.2 Å². The predicted octanol–water partition coefficient (Wildman–Crippen LogP) is 0.576. The number of ether oxygens (including phenoxy) is 1. The highest BCUT2D eigenvalue weighted by Gasteiger charge is 2.02. The molecule has 0 rings (SSSR count). The Labute approximate surface area is 87.3 Å². The van der Waals surface area contributed by atoms with Gasteiger partial charge in [-0.3, -0.25) is 0 Å². The number of alkyl halides is 1. The summed E-state index contributed by atoms with van der Waals surface area (Å²) in [6, 6.07) is -0.497. The first-order valence-corrected chi connectivity index (χ1v) is 4.76. The molecule has 0 fully saturated rings. The predicted molar refractivity (Wildman–Crippen MR) is 52.0 cm³/mol. The second kappa shape index (κ2) is 8.43. The molecule has 3 amide bonds. The minimum Gasteiger partial charge on any atom is -0.449 e. The van der Waals surface area contributed by atoms with E-state index in [1.807, 2.05) is 0 Å².